The molecule has 1 aromatic heterocycles. The van der Waals surface area contributed by atoms with Gasteiger partial charge in [-0.25, -0.2) is 4.99 Å². The lowest BCUT2D eigenvalue weighted by Crippen LogP contribution is -2.20. The van der Waals surface area contributed by atoms with Crippen LogP contribution in [0, 0.1) is 11.3 Å². The third-order valence-corrected chi connectivity index (χ3v) is 2.16. The minimum atomic E-state index is 0.237. The number of pyridine rings is 1. The standard InChI is InChI=1S/C11H7ClN4/c12-11-15-6-4-10(16-11)8(7-13)9-3-1-2-5-14-9/h1-6H,(H,15,16)/b10-8+. The number of rotatable bonds is 1. The molecular weight excluding hydrogens is 224 g/mol. The van der Waals surface area contributed by atoms with Crippen LogP contribution in [0.15, 0.2) is 47.4 Å². The van der Waals surface area contributed by atoms with Crippen LogP contribution in [-0.4, -0.2) is 10.3 Å². The molecule has 0 aliphatic carbocycles. The molecule has 4 nitrogen and oxygen atoms in total. The van der Waals surface area contributed by atoms with Gasteiger partial charge in [0.15, 0.2) is 5.29 Å². The highest BCUT2D eigenvalue weighted by Crippen LogP contribution is 2.16. The zero-order valence-electron chi connectivity index (χ0n) is 8.18. The number of aromatic nitrogens is 1. The van der Waals surface area contributed by atoms with Gasteiger partial charge in [0, 0.05) is 12.4 Å². The van der Waals surface area contributed by atoms with E-state index in [4.69, 9.17) is 16.9 Å². The van der Waals surface area contributed by atoms with Gasteiger partial charge in [-0.1, -0.05) is 6.07 Å². The highest BCUT2D eigenvalue weighted by atomic mass is 35.5. The van der Waals surface area contributed by atoms with Crippen molar-refractivity contribution in [2.45, 2.75) is 0 Å². The van der Waals surface area contributed by atoms with E-state index in [0.29, 0.717) is 17.0 Å². The molecule has 16 heavy (non-hydrogen) atoms. The maximum atomic E-state index is 9.11. The first kappa shape index (κ1) is 10.4. The van der Waals surface area contributed by atoms with E-state index in [0.717, 1.165) is 0 Å². The first-order valence-electron chi connectivity index (χ1n) is 4.54. The SMILES string of the molecule is N#C/C(=C1/C=CN=C(Cl)N1)c1ccccn1. The summed E-state index contributed by atoms with van der Waals surface area (Å²) in [7, 11) is 0. The zero-order valence-corrected chi connectivity index (χ0v) is 8.94. The summed E-state index contributed by atoms with van der Waals surface area (Å²) in [4.78, 5) is 7.93. The molecule has 1 aliphatic heterocycles. The Morgan fingerprint density at radius 1 is 1.44 bits per heavy atom. The minimum Gasteiger partial charge on any atom is -0.329 e. The number of hydrogen-bond acceptors (Lipinski definition) is 4. The summed E-state index contributed by atoms with van der Waals surface area (Å²) in [5.74, 6) is 0. The third kappa shape index (κ3) is 2.10. The van der Waals surface area contributed by atoms with Crippen molar-refractivity contribution >= 4 is 22.5 Å². The van der Waals surface area contributed by atoms with Crippen LogP contribution in [0.3, 0.4) is 0 Å². The average Bonchev–Trinajstić information content (AvgIpc) is 2.31. The van der Waals surface area contributed by atoms with Crippen molar-refractivity contribution in [3.63, 3.8) is 0 Å². The molecule has 78 valence electrons. The van der Waals surface area contributed by atoms with Crippen LogP contribution in [0.4, 0.5) is 0 Å². The molecule has 2 heterocycles. The summed E-state index contributed by atoms with van der Waals surface area (Å²) in [6.45, 7) is 0. The number of allylic oxidation sites excluding steroid dienone is 2. The predicted octanol–water partition coefficient (Wildman–Crippen LogP) is 2.03. The summed E-state index contributed by atoms with van der Waals surface area (Å²) in [5.41, 5.74) is 1.63. The Kier molecular flexibility index (Phi) is 2.99. The molecule has 1 aliphatic rings. The summed E-state index contributed by atoms with van der Waals surface area (Å²) in [6.07, 6.45) is 4.85. The fraction of sp³-hybridized carbons (Fsp3) is 0. The van der Waals surface area contributed by atoms with E-state index in [1.54, 1.807) is 24.4 Å². The van der Waals surface area contributed by atoms with Crippen LogP contribution in [0.5, 0.6) is 0 Å². The van der Waals surface area contributed by atoms with Gasteiger partial charge in [0.2, 0.25) is 0 Å². The minimum absolute atomic E-state index is 0.237. The molecule has 0 fully saturated rings. The second kappa shape index (κ2) is 4.60. The Labute approximate surface area is 97.6 Å². The predicted molar refractivity (Wildman–Crippen MR) is 62.3 cm³/mol. The monoisotopic (exact) mass is 230 g/mol. The summed E-state index contributed by atoms with van der Waals surface area (Å²) in [6, 6.07) is 7.48. The van der Waals surface area contributed by atoms with Gasteiger partial charge < -0.3 is 5.32 Å². The van der Waals surface area contributed by atoms with E-state index in [1.165, 1.54) is 6.20 Å². The maximum Gasteiger partial charge on any atom is 0.200 e. The normalized spacial score (nSPS) is 17.1. The molecule has 1 N–H and O–H groups in total. The number of nitrogens with zero attached hydrogens (tertiary/aromatic N) is 3. The van der Waals surface area contributed by atoms with Gasteiger partial charge in [-0.2, -0.15) is 5.26 Å². The van der Waals surface area contributed by atoms with Gasteiger partial charge in [0.25, 0.3) is 0 Å². The molecule has 1 aromatic rings. The van der Waals surface area contributed by atoms with Crippen molar-refractivity contribution in [1.82, 2.24) is 10.3 Å². The van der Waals surface area contributed by atoms with Crippen LogP contribution in [0.2, 0.25) is 0 Å². The second-order valence-corrected chi connectivity index (χ2v) is 3.33. The molecule has 0 spiro atoms. The van der Waals surface area contributed by atoms with Crippen molar-refractivity contribution < 1.29 is 0 Å². The fourth-order valence-corrected chi connectivity index (χ4v) is 1.43. The van der Waals surface area contributed by atoms with E-state index in [-0.39, 0.29) is 5.29 Å². The van der Waals surface area contributed by atoms with Crippen molar-refractivity contribution in [2.75, 3.05) is 0 Å². The van der Waals surface area contributed by atoms with Crippen molar-refractivity contribution in [3.05, 3.63) is 48.1 Å². The molecule has 0 atom stereocenters. The van der Waals surface area contributed by atoms with E-state index >= 15 is 0 Å². The third-order valence-electron chi connectivity index (χ3n) is 1.97. The molecular formula is C11H7ClN4. The van der Waals surface area contributed by atoms with E-state index in [1.807, 2.05) is 6.07 Å². The van der Waals surface area contributed by atoms with E-state index in [2.05, 4.69) is 21.4 Å². The molecule has 0 saturated heterocycles. The molecule has 0 bridgehead atoms. The topological polar surface area (TPSA) is 61.1 Å². The number of amidine groups is 1. The van der Waals surface area contributed by atoms with Crippen molar-refractivity contribution in [1.29, 1.82) is 5.26 Å². The van der Waals surface area contributed by atoms with Gasteiger partial charge in [-0.15, -0.1) is 0 Å². The Balaban J connectivity index is 2.46. The fourth-order valence-electron chi connectivity index (χ4n) is 1.27. The summed E-state index contributed by atoms with van der Waals surface area (Å²) < 4.78 is 0. The van der Waals surface area contributed by atoms with Crippen molar-refractivity contribution in [3.8, 4) is 6.07 Å². The lowest BCUT2D eigenvalue weighted by Gasteiger charge is -2.10. The zero-order chi connectivity index (χ0) is 11.4. The molecule has 0 saturated carbocycles. The number of nitrogens with one attached hydrogen (secondary N) is 1. The van der Waals surface area contributed by atoms with Gasteiger partial charge in [0.05, 0.1) is 11.4 Å². The van der Waals surface area contributed by atoms with Crippen LogP contribution in [-0.2, 0) is 0 Å². The average molecular weight is 231 g/mol. The lowest BCUT2D eigenvalue weighted by atomic mass is 10.1. The molecule has 0 unspecified atom stereocenters. The molecule has 2 rings (SSSR count). The Bertz CT molecular complexity index is 523. The van der Waals surface area contributed by atoms with E-state index < -0.39 is 0 Å². The highest BCUT2D eigenvalue weighted by molar-refractivity contribution is 6.65. The van der Waals surface area contributed by atoms with Crippen molar-refractivity contribution in [2.24, 2.45) is 4.99 Å². The first-order valence-corrected chi connectivity index (χ1v) is 4.91. The van der Waals surface area contributed by atoms with Crippen LogP contribution in [0.1, 0.15) is 5.69 Å². The molecule has 0 radical (unpaired) electrons. The van der Waals surface area contributed by atoms with Gasteiger partial charge in [-0.05, 0) is 29.8 Å². The molecule has 0 aromatic carbocycles. The van der Waals surface area contributed by atoms with Gasteiger partial charge in [-0.3, -0.25) is 4.98 Å². The summed E-state index contributed by atoms with van der Waals surface area (Å²) >= 11 is 5.72. The highest BCUT2D eigenvalue weighted by Gasteiger charge is 2.11. The Morgan fingerprint density at radius 2 is 2.31 bits per heavy atom. The van der Waals surface area contributed by atoms with E-state index in [9.17, 15) is 0 Å². The smallest absolute Gasteiger partial charge is 0.200 e. The Morgan fingerprint density at radius 3 is 2.94 bits per heavy atom. The number of aliphatic imine (C=N–C) groups is 1. The number of nitriles is 1. The quantitative estimate of drug-likeness (QED) is 0.593. The lowest BCUT2D eigenvalue weighted by molar-refractivity contribution is 1.15. The number of hydrogen-bond donors (Lipinski definition) is 1. The largest absolute Gasteiger partial charge is 0.329 e. The molecule has 5 heteroatoms. The van der Waals surface area contributed by atoms with Crippen LogP contribution >= 0.6 is 11.6 Å². The number of halogens is 1. The Hall–Kier alpha value is -2.12. The maximum absolute atomic E-state index is 9.11. The second-order valence-electron chi connectivity index (χ2n) is 2.98. The van der Waals surface area contributed by atoms with Crippen LogP contribution < -0.4 is 5.32 Å². The van der Waals surface area contributed by atoms with Crippen LogP contribution in [0.25, 0.3) is 5.57 Å². The van der Waals surface area contributed by atoms with Gasteiger partial charge >= 0.3 is 0 Å². The first-order chi connectivity index (χ1) is 7.81. The molecule has 0 amide bonds. The summed E-state index contributed by atoms with van der Waals surface area (Å²) in [5, 5.41) is 12.2. The van der Waals surface area contributed by atoms with Gasteiger partial charge in [0.1, 0.15) is 11.6 Å².